The first-order valence-electron chi connectivity index (χ1n) is 7.74. The van der Waals surface area contributed by atoms with Gasteiger partial charge in [0, 0.05) is 13.1 Å². The van der Waals surface area contributed by atoms with Crippen molar-refractivity contribution >= 4 is 23.4 Å². The summed E-state index contributed by atoms with van der Waals surface area (Å²) in [5.74, 6) is -1.03. The van der Waals surface area contributed by atoms with Crippen molar-refractivity contribution in [3.8, 4) is 5.75 Å². The molecule has 1 aromatic carbocycles. The number of hydrogen-bond acceptors (Lipinski definition) is 5. The lowest BCUT2D eigenvalue weighted by Gasteiger charge is -2.33. The minimum Gasteiger partial charge on any atom is -0.466 e. The molecule has 0 aliphatic carbocycles. The summed E-state index contributed by atoms with van der Waals surface area (Å²) in [4.78, 5) is 38.4. The van der Waals surface area contributed by atoms with E-state index in [1.807, 2.05) is 0 Å². The lowest BCUT2D eigenvalue weighted by atomic mass is 10.0. The molecular formula is C16H19N3O5. The number of amides is 3. The molecule has 2 heterocycles. The van der Waals surface area contributed by atoms with Gasteiger partial charge in [-0.3, -0.25) is 14.4 Å². The molecule has 2 aliphatic rings. The monoisotopic (exact) mass is 333 g/mol. The second-order valence-corrected chi connectivity index (χ2v) is 5.76. The maximum atomic E-state index is 12.4. The third-order valence-corrected chi connectivity index (χ3v) is 4.08. The Morgan fingerprint density at radius 1 is 1.29 bits per heavy atom. The maximum Gasteiger partial charge on any atom is 0.278 e. The highest BCUT2D eigenvalue weighted by atomic mass is 16.5. The van der Waals surface area contributed by atoms with E-state index in [2.05, 4.69) is 10.6 Å². The second kappa shape index (κ2) is 6.48. The summed E-state index contributed by atoms with van der Waals surface area (Å²) in [6.07, 6.45) is 0. The molecule has 0 bridgehead atoms. The van der Waals surface area contributed by atoms with Gasteiger partial charge in [0.25, 0.3) is 17.4 Å². The normalized spacial score (nSPS) is 22.9. The van der Waals surface area contributed by atoms with Crippen LogP contribution in [-0.4, -0.2) is 61.1 Å². The van der Waals surface area contributed by atoms with Crippen molar-refractivity contribution in [2.24, 2.45) is 0 Å². The van der Waals surface area contributed by atoms with Gasteiger partial charge in [0.15, 0.2) is 0 Å². The highest BCUT2D eigenvalue weighted by Crippen LogP contribution is 2.33. The molecule has 0 saturated carbocycles. The van der Waals surface area contributed by atoms with E-state index < -0.39 is 17.4 Å². The van der Waals surface area contributed by atoms with Crippen LogP contribution in [0.4, 0.5) is 5.69 Å². The Bertz CT molecular complexity index is 671. The summed E-state index contributed by atoms with van der Waals surface area (Å²) in [6, 6.07) is 6.86. The zero-order valence-electron chi connectivity index (χ0n) is 13.3. The van der Waals surface area contributed by atoms with E-state index in [1.165, 1.54) is 6.92 Å². The lowest BCUT2D eigenvalue weighted by Crippen LogP contribution is -2.60. The van der Waals surface area contributed by atoms with Gasteiger partial charge in [-0.2, -0.15) is 0 Å². The molecular weight excluding hydrogens is 314 g/mol. The molecule has 1 atom stereocenters. The van der Waals surface area contributed by atoms with Crippen LogP contribution in [-0.2, 0) is 19.1 Å². The number of morpholine rings is 1. The van der Waals surface area contributed by atoms with Crippen molar-refractivity contribution in [3.63, 3.8) is 0 Å². The third-order valence-electron chi connectivity index (χ3n) is 4.08. The van der Waals surface area contributed by atoms with Gasteiger partial charge in [0.05, 0.1) is 25.4 Å². The Morgan fingerprint density at radius 3 is 2.75 bits per heavy atom. The molecule has 0 spiro atoms. The smallest absolute Gasteiger partial charge is 0.278 e. The Balaban J connectivity index is 1.63. The van der Waals surface area contributed by atoms with Gasteiger partial charge >= 0.3 is 0 Å². The molecule has 0 unspecified atom stereocenters. The second-order valence-electron chi connectivity index (χ2n) is 5.76. The van der Waals surface area contributed by atoms with E-state index in [0.717, 1.165) is 0 Å². The van der Waals surface area contributed by atoms with Crippen LogP contribution in [0.5, 0.6) is 5.75 Å². The van der Waals surface area contributed by atoms with E-state index in [0.29, 0.717) is 37.7 Å². The summed E-state index contributed by atoms with van der Waals surface area (Å²) in [7, 11) is 0. The first kappa shape index (κ1) is 16.3. The highest BCUT2D eigenvalue weighted by molar-refractivity contribution is 6.15. The summed E-state index contributed by atoms with van der Waals surface area (Å²) in [5, 5.41) is 5.14. The predicted molar refractivity (Wildman–Crippen MR) is 84.5 cm³/mol. The van der Waals surface area contributed by atoms with E-state index in [-0.39, 0.29) is 12.5 Å². The summed E-state index contributed by atoms with van der Waals surface area (Å²) < 4.78 is 10.8. The molecule has 0 aromatic heterocycles. The topological polar surface area (TPSA) is 97.0 Å². The Kier molecular flexibility index (Phi) is 4.39. The number of benzene rings is 1. The molecule has 0 radical (unpaired) electrons. The highest BCUT2D eigenvalue weighted by Gasteiger charge is 2.47. The quantitative estimate of drug-likeness (QED) is 0.744. The van der Waals surface area contributed by atoms with E-state index in [4.69, 9.17) is 9.47 Å². The van der Waals surface area contributed by atoms with Gasteiger partial charge in [-0.15, -0.1) is 0 Å². The molecule has 2 aliphatic heterocycles. The lowest BCUT2D eigenvalue weighted by molar-refractivity contribution is -0.148. The van der Waals surface area contributed by atoms with Crippen molar-refractivity contribution in [2.45, 2.75) is 12.5 Å². The molecule has 8 heteroatoms. The van der Waals surface area contributed by atoms with E-state index in [9.17, 15) is 14.4 Å². The maximum absolute atomic E-state index is 12.4. The van der Waals surface area contributed by atoms with Crippen molar-refractivity contribution in [1.82, 2.24) is 10.2 Å². The van der Waals surface area contributed by atoms with E-state index >= 15 is 0 Å². The first-order chi connectivity index (χ1) is 11.5. The Morgan fingerprint density at radius 2 is 2.00 bits per heavy atom. The SMILES string of the molecule is C[C@]1(C(=O)NCC(=O)N2CCOCC2)Oc2ccccc2NC1=O. The molecule has 1 aromatic rings. The molecule has 3 amide bonds. The number of nitrogens with one attached hydrogen (secondary N) is 2. The number of rotatable bonds is 3. The minimum absolute atomic E-state index is 0.188. The van der Waals surface area contributed by atoms with Crippen LogP contribution < -0.4 is 15.4 Å². The average molecular weight is 333 g/mol. The standard InChI is InChI=1S/C16H19N3O5/c1-16(15(22)18-11-4-2-3-5-12(11)24-16)14(21)17-10-13(20)19-6-8-23-9-7-19/h2-5H,6-10H2,1H3,(H,17,21)(H,18,22)/t16-/m1/s1. The van der Waals surface area contributed by atoms with Crippen LogP contribution >= 0.6 is 0 Å². The fourth-order valence-electron chi connectivity index (χ4n) is 2.57. The number of anilines is 1. The van der Waals surface area contributed by atoms with Gasteiger partial charge in [-0.05, 0) is 19.1 Å². The van der Waals surface area contributed by atoms with Crippen molar-refractivity contribution < 1.29 is 23.9 Å². The number of para-hydroxylation sites is 2. The predicted octanol–water partition coefficient (Wildman–Crippen LogP) is -0.249. The summed E-state index contributed by atoms with van der Waals surface area (Å²) >= 11 is 0. The zero-order valence-corrected chi connectivity index (χ0v) is 13.3. The summed E-state index contributed by atoms with van der Waals surface area (Å²) in [5.41, 5.74) is -1.21. The first-order valence-corrected chi connectivity index (χ1v) is 7.74. The molecule has 1 saturated heterocycles. The van der Waals surface area contributed by atoms with Crippen LogP contribution in [0.3, 0.4) is 0 Å². The van der Waals surface area contributed by atoms with Crippen LogP contribution in [0.2, 0.25) is 0 Å². The number of carbonyl (C=O) groups excluding carboxylic acids is 3. The van der Waals surface area contributed by atoms with E-state index in [1.54, 1.807) is 29.2 Å². The van der Waals surface area contributed by atoms with Crippen LogP contribution in [0.1, 0.15) is 6.92 Å². The Hall–Kier alpha value is -2.61. The fraction of sp³-hybridized carbons (Fsp3) is 0.438. The molecule has 8 nitrogen and oxygen atoms in total. The van der Waals surface area contributed by atoms with Gasteiger partial charge in [0.1, 0.15) is 5.75 Å². The molecule has 3 rings (SSSR count). The van der Waals surface area contributed by atoms with Gasteiger partial charge < -0.3 is 25.0 Å². The van der Waals surface area contributed by atoms with Crippen molar-refractivity contribution in [1.29, 1.82) is 0 Å². The number of nitrogens with zero attached hydrogens (tertiary/aromatic N) is 1. The molecule has 2 N–H and O–H groups in total. The zero-order chi connectivity index (χ0) is 17.2. The van der Waals surface area contributed by atoms with Crippen molar-refractivity contribution in [3.05, 3.63) is 24.3 Å². The van der Waals surface area contributed by atoms with Gasteiger partial charge in [-0.25, -0.2) is 0 Å². The largest absolute Gasteiger partial charge is 0.466 e. The molecule has 24 heavy (non-hydrogen) atoms. The number of hydrogen-bond donors (Lipinski definition) is 2. The number of ether oxygens (including phenoxy) is 2. The third kappa shape index (κ3) is 3.05. The Labute approximate surface area is 139 Å². The number of fused-ring (bicyclic) bond motifs is 1. The number of carbonyl (C=O) groups is 3. The van der Waals surface area contributed by atoms with Gasteiger partial charge in [0.2, 0.25) is 5.91 Å². The fourth-order valence-corrected chi connectivity index (χ4v) is 2.57. The molecule has 1 fully saturated rings. The molecule has 128 valence electrons. The summed E-state index contributed by atoms with van der Waals surface area (Å²) in [6.45, 7) is 3.16. The van der Waals surface area contributed by atoms with Crippen LogP contribution in [0.15, 0.2) is 24.3 Å². The van der Waals surface area contributed by atoms with Crippen LogP contribution in [0.25, 0.3) is 0 Å². The van der Waals surface area contributed by atoms with Gasteiger partial charge in [-0.1, -0.05) is 12.1 Å². The minimum atomic E-state index is -1.72. The average Bonchev–Trinajstić information content (AvgIpc) is 2.61. The van der Waals surface area contributed by atoms with Crippen LogP contribution in [0, 0.1) is 0 Å². The van der Waals surface area contributed by atoms with Crippen molar-refractivity contribution in [2.75, 3.05) is 38.2 Å².